The van der Waals surface area contributed by atoms with E-state index in [2.05, 4.69) is 20.7 Å². The van der Waals surface area contributed by atoms with Crippen molar-refractivity contribution in [1.82, 2.24) is 31.0 Å². The lowest BCUT2D eigenvalue weighted by molar-refractivity contribution is -0.193. The van der Waals surface area contributed by atoms with Crippen molar-refractivity contribution < 1.29 is 45.1 Å². The van der Waals surface area contributed by atoms with Crippen molar-refractivity contribution in [2.24, 2.45) is 5.92 Å². The summed E-state index contributed by atoms with van der Waals surface area (Å²) in [6, 6.07) is -2.64. The molecule has 3 aliphatic rings. The van der Waals surface area contributed by atoms with Crippen molar-refractivity contribution >= 4 is 17.8 Å². The van der Waals surface area contributed by atoms with Crippen molar-refractivity contribution in [3.05, 3.63) is 18.0 Å². The number of carbonyl (C=O) groups is 2. The maximum atomic E-state index is 15.1. The molecule has 10 nitrogen and oxygen atoms in total. The maximum Gasteiger partial charge on any atom is 0.419 e. The Hall–Kier alpha value is -2.79. The maximum absolute atomic E-state index is 15.1. The van der Waals surface area contributed by atoms with Crippen LogP contribution in [0.4, 0.5) is 36.7 Å². The number of amides is 2. The van der Waals surface area contributed by atoms with Gasteiger partial charge < -0.3 is 19.9 Å². The van der Waals surface area contributed by atoms with Crippen LogP contribution in [-0.2, 0) is 20.5 Å². The Kier molecular flexibility index (Phi) is 8.51. The molecular weight excluding hydrogens is 543 g/mol. The summed E-state index contributed by atoms with van der Waals surface area (Å²) in [7, 11) is 0. The van der Waals surface area contributed by atoms with Gasteiger partial charge in [-0.2, -0.15) is 26.3 Å². The Balaban J connectivity index is 1.27. The summed E-state index contributed by atoms with van der Waals surface area (Å²) in [4.78, 5) is 34.8. The molecule has 4 rings (SSSR count). The molecule has 2 unspecified atom stereocenters. The normalized spacial score (nSPS) is 29.5. The molecule has 0 saturated carbocycles. The molecule has 3 fully saturated rings. The van der Waals surface area contributed by atoms with Gasteiger partial charge in [0.15, 0.2) is 5.92 Å². The van der Waals surface area contributed by atoms with Crippen LogP contribution in [0.3, 0.4) is 0 Å². The van der Waals surface area contributed by atoms with E-state index in [1.54, 1.807) is 6.92 Å². The van der Waals surface area contributed by atoms with Crippen molar-refractivity contribution in [3.8, 4) is 0 Å². The largest absolute Gasteiger partial charge is 0.419 e. The fraction of sp³-hybridized carbons (Fsp3) is 0.727. The fourth-order valence-electron chi connectivity index (χ4n) is 5.05. The van der Waals surface area contributed by atoms with Gasteiger partial charge in [-0.15, -0.1) is 0 Å². The lowest BCUT2D eigenvalue weighted by atomic mass is 9.96. The van der Waals surface area contributed by atoms with Gasteiger partial charge in [-0.25, -0.2) is 19.8 Å². The summed E-state index contributed by atoms with van der Waals surface area (Å²) in [6.07, 6.45) is -10.0. The number of hydrogen-bond donors (Lipinski definition) is 3. The molecule has 0 spiro atoms. The lowest BCUT2D eigenvalue weighted by Gasteiger charge is -2.39. The highest BCUT2D eigenvalue weighted by Gasteiger charge is 2.51. The number of nitrogens with zero attached hydrogens (tertiary/aromatic N) is 4. The van der Waals surface area contributed by atoms with Gasteiger partial charge in [0, 0.05) is 50.5 Å². The third-order valence-electron chi connectivity index (χ3n) is 6.96. The molecule has 0 aromatic carbocycles. The van der Waals surface area contributed by atoms with E-state index in [0.717, 1.165) is 0 Å². The minimum absolute atomic E-state index is 0.0436. The average molecular weight is 571 g/mol. The van der Waals surface area contributed by atoms with E-state index in [9.17, 15) is 35.9 Å². The summed E-state index contributed by atoms with van der Waals surface area (Å²) in [5.41, 5.74) is 3.36. The van der Waals surface area contributed by atoms with Crippen molar-refractivity contribution in [1.29, 1.82) is 0 Å². The van der Waals surface area contributed by atoms with Crippen molar-refractivity contribution in [3.63, 3.8) is 0 Å². The molecule has 17 heteroatoms. The molecule has 2 amide bonds. The highest BCUT2D eigenvalue weighted by atomic mass is 19.4. The minimum atomic E-state index is -4.75. The average Bonchev–Trinajstić information content (AvgIpc) is 3.21. The van der Waals surface area contributed by atoms with Crippen LogP contribution < -0.4 is 21.1 Å². The zero-order valence-electron chi connectivity index (χ0n) is 20.7. The molecule has 0 aliphatic carbocycles. The lowest BCUT2D eigenvalue weighted by Crippen LogP contribution is -2.65. The van der Waals surface area contributed by atoms with Gasteiger partial charge in [0.1, 0.15) is 12.3 Å². The highest BCUT2D eigenvalue weighted by Crippen LogP contribution is 2.32. The molecule has 39 heavy (non-hydrogen) atoms. The number of aromatic nitrogens is 2. The molecule has 4 heterocycles. The number of halogens is 7. The number of alkyl halides is 7. The quantitative estimate of drug-likeness (QED) is 0.419. The van der Waals surface area contributed by atoms with Gasteiger partial charge in [0.2, 0.25) is 11.9 Å². The first-order valence-corrected chi connectivity index (χ1v) is 12.3. The van der Waals surface area contributed by atoms with Crippen LogP contribution in [0.5, 0.6) is 0 Å². The third-order valence-corrected chi connectivity index (χ3v) is 6.96. The van der Waals surface area contributed by atoms with Gasteiger partial charge in [-0.3, -0.25) is 15.0 Å². The Labute approximate surface area is 218 Å². The molecular formula is C22H28F7N7O3. The molecule has 3 saturated heterocycles. The molecule has 218 valence electrons. The standard InChI is InChI=1S/C22H28F7N7O3/c1-11(33-14-8-32-34-18(37)17(14)22(27,28)29)10-39-16-3-5-36(19(16)38)15-2-4-35(9-13(15)23)20-30-6-12(7-31-20)21(24,25)26/h6-7,11,13-17,32-33H,2-5,8-10H2,1H3,(H,34,37)/t11-,13-,14?,15+,16+,17?/m0/s1. The zero-order chi connectivity index (χ0) is 28.5. The molecule has 0 radical (unpaired) electrons. The summed E-state index contributed by atoms with van der Waals surface area (Å²) < 4.78 is 98.9. The monoisotopic (exact) mass is 571 g/mol. The summed E-state index contributed by atoms with van der Waals surface area (Å²) in [6.45, 7) is 1.51. The smallest absolute Gasteiger partial charge is 0.367 e. The van der Waals surface area contributed by atoms with Gasteiger partial charge in [-0.05, 0) is 13.3 Å². The SMILES string of the molecule is C[C@@H](CO[C@@H]1CCN([C@@H]2CCN(c3ncc(C(F)(F)F)cn3)C[C@@H]2F)C1=O)NC1CNNC(=O)C1C(F)(F)F. The highest BCUT2D eigenvalue weighted by molar-refractivity contribution is 5.83. The number of nitrogens with one attached hydrogen (secondary N) is 3. The fourth-order valence-corrected chi connectivity index (χ4v) is 5.05. The molecule has 1 aromatic rings. The number of hydrazine groups is 1. The zero-order valence-corrected chi connectivity index (χ0v) is 20.7. The number of piperidine rings is 1. The summed E-state index contributed by atoms with van der Waals surface area (Å²) >= 11 is 0. The molecule has 3 N–H and O–H groups in total. The Morgan fingerprint density at radius 2 is 1.82 bits per heavy atom. The van der Waals surface area contributed by atoms with E-state index in [0.29, 0.717) is 12.4 Å². The minimum Gasteiger partial charge on any atom is -0.367 e. The first kappa shape index (κ1) is 29.2. The Morgan fingerprint density at radius 3 is 2.44 bits per heavy atom. The topological polar surface area (TPSA) is 112 Å². The van der Waals surface area contributed by atoms with Crippen LogP contribution in [0.15, 0.2) is 12.4 Å². The van der Waals surface area contributed by atoms with Crippen molar-refractivity contribution in [2.75, 3.05) is 37.7 Å². The van der Waals surface area contributed by atoms with Crippen molar-refractivity contribution in [2.45, 2.75) is 62.5 Å². The van der Waals surface area contributed by atoms with E-state index in [4.69, 9.17) is 4.74 Å². The second-order valence-corrected chi connectivity index (χ2v) is 9.79. The van der Waals surface area contributed by atoms with Crippen LogP contribution in [0, 0.1) is 5.92 Å². The van der Waals surface area contributed by atoms with Crippen LogP contribution in [-0.4, -0.2) is 96.0 Å². The second-order valence-electron chi connectivity index (χ2n) is 9.79. The third kappa shape index (κ3) is 6.69. The predicted molar refractivity (Wildman–Crippen MR) is 121 cm³/mol. The Bertz CT molecular complexity index is 1030. The van der Waals surface area contributed by atoms with Crippen LogP contribution >= 0.6 is 0 Å². The van der Waals surface area contributed by atoms with E-state index < -0.39 is 66.0 Å². The van der Waals surface area contributed by atoms with Crippen LogP contribution in [0.1, 0.15) is 25.3 Å². The second kappa shape index (κ2) is 11.4. The molecule has 3 aliphatic heterocycles. The van der Waals surface area contributed by atoms with E-state index >= 15 is 4.39 Å². The molecule has 1 aromatic heterocycles. The van der Waals surface area contributed by atoms with E-state index in [1.807, 2.05) is 5.43 Å². The molecule has 0 bridgehead atoms. The number of carbonyl (C=O) groups excluding carboxylic acids is 2. The molecule has 6 atom stereocenters. The summed E-state index contributed by atoms with van der Waals surface area (Å²) in [5.74, 6) is -3.93. The van der Waals surface area contributed by atoms with Crippen LogP contribution in [0.2, 0.25) is 0 Å². The van der Waals surface area contributed by atoms with Crippen LogP contribution in [0.25, 0.3) is 0 Å². The summed E-state index contributed by atoms with van der Waals surface area (Å²) in [5, 5.41) is 2.73. The van der Waals surface area contributed by atoms with Gasteiger partial charge in [-0.1, -0.05) is 0 Å². The first-order chi connectivity index (χ1) is 18.3. The number of anilines is 1. The predicted octanol–water partition coefficient (Wildman–Crippen LogP) is 1.19. The van der Waals surface area contributed by atoms with Gasteiger partial charge in [0.25, 0.3) is 5.91 Å². The van der Waals surface area contributed by atoms with Gasteiger partial charge >= 0.3 is 12.4 Å². The van der Waals surface area contributed by atoms with E-state index in [1.165, 1.54) is 9.80 Å². The first-order valence-electron chi connectivity index (χ1n) is 12.3. The number of rotatable bonds is 7. The number of hydrogen-bond acceptors (Lipinski definition) is 8. The Morgan fingerprint density at radius 1 is 1.13 bits per heavy atom. The number of likely N-dealkylation sites (tertiary alicyclic amines) is 1. The number of ether oxygens (including phenoxy) is 1. The van der Waals surface area contributed by atoms with E-state index in [-0.39, 0.29) is 51.6 Å². The van der Waals surface area contributed by atoms with Gasteiger partial charge in [0.05, 0.1) is 24.8 Å².